The topological polar surface area (TPSA) is 58.4 Å². The minimum atomic E-state index is 0. The first kappa shape index (κ1) is 22.5. The molecule has 1 aromatic carbocycles. The third-order valence-corrected chi connectivity index (χ3v) is 4.07. The molecule has 0 unspecified atom stereocenters. The van der Waals surface area contributed by atoms with Crippen molar-refractivity contribution in [2.75, 3.05) is 20.1 Å². The van der Waals surface area contributed by atoms with E-state index in [1.54, 1.807) is 23.7 Å². The van der Waals surface area contributed by atoms with Gasteiger partial charge in [0.2, 0.25) is 5.56 Å². The standard InChI is InChI=1S/C19H25ClN4O.HI/c1-21-19(23-12-10-16-7-6-8-17(20)15-16)22-11-3-5-14-24-13-4-2-9-18(24)25;/h2,4,6-9,13,15H,3,5,10-12,14H2,1H3,(H2,21,22,23);1H. The Morgan fingerprint density at radius 2 is 1.92 bits per heavy atom. The first-order chi connectivity index (χ1) is 12.2. The molecule has 0 saturated heterocycles. The molecule has 2 rings (SSSR count). The largest absolute Gasteiger partial charge is 0.356 e. The van der Waals surface area contributed by atoms with Gasteiger partial charge in [0, 0.05) is 44.0 Å². The number of hydrogen-bond donors (Lipinski definition) is 2. The van der Waals surface area contributed by atoms with Crippen LogP contribution in [-0.4, -0.2) is 30.7 Å². The molecule has 1 heterocycles. The average molecular weight is 489 g/mol. The second kappa shape index (κ2) is 12.8. The fourth-order valence-corrected chi connectivity index (χ4v) is 2.71. The molecule has 26 heavy (non-hydrogen) atoms. The average Bonchev–Trinajstić information content (AvgIpc) is 2.61. The van der Waals surface area contributed by atoms with E-state index in [-0.39, 0.29) is 29.5 Å². The molecule has 0 radical (unpaired) electrons. The molecule has 0 aliphatic heterocycles. The van der Waals surface area contributed by atoms with E-state index in [0.717, 1.165) is 49.9 Å². The third kappa shape index (κ3) is 8.23. The maximum absolute atomic E-state index is 11.6. The Labute approximate surface area is 176 Å². The van der Waals surface area contributed by atoms with Crippen molar-refractivity contribution in [2.24, 2.45) is 4.99 Å². The molecule has 0 amide bonds. The molecular formula is C19H26ClIN4O. The third-order valence-electron chi connectivity index (χ3n) is 3.84. The predicted octanol–water partition coefficient (Wildman–Crippen LogP) is 3.31. The summed E-state index contributed by atoms with van der Waals surface area (Å²) in [6, 6.07) is 13.1. The Bertz CT molecular complexity index is 748. The van der Waals surface area contributed by atoms with Crippen LogP contribution >= 0.6 is 35.6 Å². The molecule has 2 N–H and O–H groups in total. The van der Waals surface area contributed by atoms with Crippen LogP contribution in [0.25, 0.3) is 0 Å². The van der Waals surface area contributed by atoms with E-state index in [0.29, 0.717) is 0 Å². The Morgan fingerprint density at radius 1 is 1.12 bits per heavy atom. The van der Waals surface area contributed by atoms with Crippen LogP contribution in [0.4, 0.5) is 0 Å². The fourth-order valence-electron chi connectivity index (χ4n) is 2.50. The lowest BCUT2D eigenvalue weighted by Gasteiger charge is -2.12. The molecule has 142 valence electrons. The number of rotatable bonds is 8. The number of unbranched alkanes of at least 4 members (excludes halogenated alkanes) is 1. The second-order valence-corrected chi connectivity index (χ2v) is 6.18. The van der Waals surface area contributed by atoms with Crippen LogP contribution in [0.5, 0.6) is 0 Å². The van der Waals surface area contributed by atoms with E-state index in [1.165, 1.54) is 5.56 Å². The highest BCUT2D eigenvalue weighted by atomic mass is 127. The molecule has 0 atom stereocenters. The van der Waals surface area contributed by atoms with Gasteiger partial charge in [0.15, 0.2) is 5.96 Å². The van der Waals surface area contributed by atoms with E-state index in [4.69, 9.17) is 11.6 Å². The summed E-state index contributed by atoms with van der Waals surface area (Å²) in [6.07, 6.45) is 4.62. The van der Waals surface area contributed by atoms with Gasteiger partial charge in [0.1, 0.15) is 0 Å². The first-order valence-electron chi connectivity index (χ1n) is 8.53. The number of aryl methyl sites for hydroxylation is 1. The molecular weight excluding hydrogens is 463 g/mol. The summed E-state index contributed by atoms with van der Waals surface area (Å²) in [6.45, 7) is 2.35. The van der Waals surface area contributed by atoms with Crippen molar-refractivity contribution in [1.82, 2.24) is 15.2 Å². The van der Waals surface area contributed by atoms with Gasteiger partial charge in [-0.2, -0.15) is 0 Å². The minimum absolute atomic E-state index is 0. The smallest absolute Gasteiger partial charge is 0.250 e. The number of benzene rings is 1. The maximum atomic E-state index is 11.6. The van der Waals surface area contributed by atoms with Crippen LogP contribution in [0, 0.1) is 0 Å². The molecule has 2 aromatic rings. The monoisotopic (exact) mass is 488 g/mol. The SMILES string of the molecule is CN=C(NCCCCn1ccccc1=O)NCCc1cccc(Cl)c1.I. The molecule has 0 aliphatic rings. The zero-order valence-corrected chi connectivity index (χ0v) is 18.0. The van der Waals surface area contributed by atoms with Gasteiger partial charge in [-0.05, 0) is 43.0 Å². The lowest BCUT2D eigenvalue weighted by Crippen LogP contribution is -2.38. The number of nitrogens with one attached hydrogen (secondary N) is 2. The molecule has 0 bridgehead atoms. The number of nitrogens with zero attached hydrogens (tertiary/aromatic N) is 2. The van der Waals surface area contributed by atoms with Gasteiger partial charge in [0.05, 0.1) is 0 Å². The summed E-state index contributed by atoms with van der Waals surface area (Å²) in [4.78, 5) is 15.8. The van der Waals surface area contributed by atoms with Gasteiger partial charge in [-0.25, -0.2) is 0 Å². The second-order valence-electron chi connectivity index (χ2n) is 5.75. The quantitative estimate of drug-likeness (QED) is 0.259. The summed E-state index contributed by atoms with van der Waals surface area (Å²) in [7, 11) is 1.76. The summed E-state index contributed by atoms with van der Waals surface area (Å²) >= 11 is 5.99. The van der Waals surface area contributed by atoms with Crippen molar-refractivity contribution in [3.8, 4) is 0 Å². The van der Waals surface area contributed by atoms with Gasteiger partial charge in [-0.1, -0.05) is 29.8 Å². The van der Waals surface area contributed by atoms with E-state index in [1.807, 2.05) is 30.5 Å². The Kier molecular flexibility index (Phi) is 11.0. The van der Waals surface area contributed by atoms with Crippen molar-refractivity contribution >= 4 is 41.5 Å². The highest BCUT2D eigenvalue weighted by Gasteiger charge is 1.99. The number of guanidine groups is 1. The highest BCUT2D eigenvalue weighted by Crippen LogP contribution is 2.10. The number of pyridine rings is 1. The van der Waals surface area contributed by atoms with Gasteiger partial charge in [-0.15, -0.1) is 24.0 Å². The molecule has 0 fully saturated rings. The van der Waals surface area contributed by atoms with Gasteiger partial charge in [-0.3, -0.25) is 9.79 Å². The summed E-state index contributed by atoms with van der Waals surface area (Å²) in [5, 5.41) is 7.35. The van der Waals surface area contributed by atoms with Crippen molar-refractivity contribution in [2.45, 2.75) is 25.8 Å². The molecule has 1 aromatic heterocycles. The Balaban J connectivity index is 0.00000338. The Hall–Kier alpha value is -1.54. The van der Waals surface area contributed by atoms with Gasteiger partial charge < -0.3 is 15.2 Å². The number of halogens is 2. The van der Waals surface area contributed by atoms with E-state index in [9.17, 15) is 4.79 Å². The van der Waals surface area contributed by atoms with Gasteiger partial charge in [0.25, 0.3) is 0 Å². The zero-order valence-electron chi connectivity index (χ0n) is 15.0. The van der Waals surface area contributed by atoms with Gasteiger partial charge >= 0.3 is 0 Å². The first-order valence-corrected chi connectivity index (χ1v) is 8.91. The summed E-state index contributed by atoms with van der Waals surface area (Å²) in [5.41, 5.74) is 1.25. The van der Waals surface area contributed by atoms with E-state index < -0.39 is 0 Å². The number of aliphatic imine (C=N–C) groups is 1. The molecule has 5 nitrogen and oxygen atoms in total. The zero-order chi connectivity index (χ0) is 17.9. The molecule has 0 aliphatic carbocycles. The lowest BCUT2D eigenvalue weighted by atomic mass is 10.1. The fraction of sp³-hybridized carbons (Fsp3) is 0.368. The minimum Gasteiger partial charge on any atom is -0.356 e. The van der Waals surface area contributed by atoms with E-state index >= 15 is 0 Å². The molecule has 7 heteroatoms. The van der Waals surface area contributed by atoms with Crippen molar-refractivity contribution in [3.05, 3.63) is 69.6 Å². The van der Waals surface area contributed by atoms with Crippen LogP contribution in [0.15, 0.2) is 58.4 Å². The van der Waals surface area contributed by atoms with Crippen molar-refractivity contribution < 1.29 is 0 Å². The maximum Gasteiger partial charge on any atom is 0.250 e. The van der Waals surface area contributed by atoms with Crippen LogP contribution in [0.1, 0.15) is 18.4 Å². The predicted molar refractivity (Wildman–Crippen MR) is 120 cm³/mol. The Morgan fingerprint density at radius 3 is 2.65 bits per heavy atom. The lowest BCUT2D eigenvalue weighted by molar-refractivity contribution is 0.585. The normalized spacial score (nSPS) is 10.9. The highest BCUT2D eigenvalue weighted by molar-refractivity contribution is 14.0. The van der Waals surface area contributed by atoms with E-state index in [2.05, 4.69) is 21.7 Å². The molecule has 0 saturated carbocycles. The summed E-state index contributed by atoms with van der Waals surface area (Å²) in [5.74, 6) is 0.791. The van der Waals surface area contributed by atoms with Crippen LogP contribution in [0.2, 0.25) is 5.02 Å². The number of hydrogen-bond acceptors (Lipinski definition) is 2. The molecule has 0 spiro atoms. The van der Waals surface area contributed by atoms with Crippen LogP contribution in [-0.2, 0) is 13.0 Å². The van der Waals surface area contributed by atoms with Crippen molar-refractivity contribution in [3.63, 3.8) is 0 Å². The van der Waals surface area contributed by atoms with Crippen LogP contribution < -0.4 is 16.2 Å². The number of aromatic nitrogens is 1. The summed E-state index contributed by atoms with van der Waals surface area (Å²) < 4.78 is 1.73. The van der Waals surface area contributed by atoms with Crippen molar-refractivity contribution in [1.29, 1.82) is 0 Å². The van der Waals surface area contributed by atoms with Crippen LogP contribution in [0.3, 0.4) is 0 Å².